The second-order valence-corrected chi connectivity index (χ2v) is 4.45. The summed E-state index contributed by atoms with van der Waals surface area (Å²) in [6.07, 6.45) is 2.02. The van der Waals surface area contributed by atoms with Gasteiger partial charge in [0.15, 0.2) is 5.84 Å². The maximum atomic E-state index is 13.6. The fraction of sp³-hybridized carbons (Fsp3) is 0.364. The predicted octanol–water partition coefficient (Wildman–Crippen LogP) is 1.37. The fourth-order valence-electron chi connectivity index (χ4n) is 1.31. The second kappa shape index (κ2) is 7.13. The first-order chi connectivity index (χ1) is 8.19. The van der Waals surface area contributed by atoms with Crippen LogP contribution in [0.1, 0.15) is 11.1 Å². The molecule has 0 spiro atoms. The Morgan fingerprint density at radius 2 is 2.35 bits per heavy atom. The summed E-state index contributed by atoms with van der Waals surface area (Å²) in [5.74, 6) is 0.542. The minimum absolute atomic E-state index is 0.0919. The van der Waals surface area contributed by atoms with Gasteiger partial charge in [0.1, 0.15) is 5.82 Å². The van der Waals surface area contributed by atoms with Crippen LogP contribution in [-0.4, -0.2) is 29.6 Å². The van der Waals surface area contributed by atoms with Crippen LogP contribution in [0.2, 0.25) is 0 Å². The van der Waals surface area contributed by atoms with Crippen LogP contribution in [0.15, 0.2) is 23.4 Å². The van der Waals surface area contributed by atoms with Gasteiger partial charge in [0.25, 0.3) is 0 Å². The van der Waals surface area contributed by atoms with Gasteiger partial charge in [-0.1, -0.05) is 17.3 Å². The number of thioether (sulfide) groups is 1. The van der Waals surface area contributed by atoms with Gasteiger partial charge >= 0.3 is 0 Å². The van der Waals surface area contributed by atoms with Crippen molar-refractivity contribution in [3.8, 4) is 0 Å². The number of hydrogen-bond donors (Lipinski definition) is 3. The van der Waals surface area contributed by atoms with Crippen molar-refractivity contribution in [2.24, 2.45) is 10.9 Å². The first kappa shape index (κ1) is 13.8. The predicted molar refractivity (Wildman–Crippen MR) is 69.0 cm³/mol. The van der Waals surface area contributed by atoms with Crippen LogP contribution in [-0.2, 0) is 6.54 Å². The highest BCUT2D eigenvalue weighted by molar-refractivity contribution is 7.98. The van der Waals surface area contributed by atoms with E-state index in [0.29, 0.717) is 17.7 Å². The average Bonchev–Trinajstić information content (AvgIpc) is 2.35. The third-order valence-corrected chi connectivity index (χ3v) is 2.87. The van der Waals surface area contributed by atoms with E-state index in [9.17, 15) is 4.39 Å². The van der Waals surface area contributed by atoms with Crippen LogP contribution in [0.5, 0.6) is 0 Å². The molecule has 17 heavy (non-hydrogen) atoms. The van der Waals surface area contributed by atoms with Crippen molar-refractivity contribution in [2.45, 2.75) is 6.54 Å². The van der Waals surface area contributed by atoms with Crippen LogP contribution < -0.4 is 11.1 Å². The van der Waals surface area contributed by atoms with Gasteiger partial charge in [0.2, 0.25) is 0 Å². The highest BCUT2D eigenvalue weighted by Crippen LogP contribution is 2.10. The van der Waals surface area contributed by atoms with Gasteiger partial charge in [-0.05, 0) is 12.3 Å². The van der Waals surface area contributed by atoms with E-state index in [1.165, 1.54) is 6.07 Å². The molecule has 1 rings (SSSR count). The molecule has 1 aromatic carbocycles. The van der Waals surface area contributed by atoms with E-state index in [1.54, 1.807) is 23.9 Å². The van der Waals surface area contributed by atoms with Crippen molar-refractivity contribution >= 4 is 17.6 Å². The Balaban J connectivity index is 2.63. The molecule has 0 aromatic heterocycles. The maximum Gasteiger partial charge on any atom is 0.170 e. The lowest BCUT2D eigenvalue weighted by molar-refractivity contribution is 0.318. The van der Waals surface area contributed by atoms with Gasteiger partial charge in [-0.2, -0.15) is 11.8 Å². The summed E-state index contributed by atoms with van der Waals surface area (Å²) in [6, 6.07) is 4.53. The number of nitrogens with zero attached hydrogens (tertiary/aromatic N) is 1. The van der Waals surface area contributed by atoms with Crippen LogP contribution in [0.25, 0.3) is 0 Å². The maximum absolute atomic E-state index is 13.6. The molecule has 4 N–H and O–H groups in total. The zero-order valence-corrected chi connectivity index (χ0v) is 10.4. The highest BCUT2D eigenvalue weighted by atomic mass is 32.2. The second-order valence-electron chi connectivity index (χ2n) is 3.46. The molecule has 1 aromatic rings. The van der Waals surface area contributed by atoms with Gasteiger partial charge in [-0.25, -0.2) is 4.39 Å². The van der Waals surface area contributed by atoms with Crippen molar-refractivity contribution in [3.05, 3.63) is 35.1 Å². The number of oxime groups is 1. The number of nitrogens with one attached hydrogen (secondary N) is 1. The molecule has 0 atom stereocenters. The van der Waals surface area contributed by atoms with Crippen LogP contribution in [0.4, 0.5) is 4.39 Å². The zero-order valence-electron chi connectivity index (χ0n) is 9.61. The quantitative estimate of drug-likeness (QED) is 0.237. The summed E-state index contributed by atoms with van der Waals surface area (Å²) in [5, 5.41) is 14.4. The van der Waals surface area contributed by atoms with E-state index >= 15 is 0 Å². The molecule has 0 amide bonds. The first-order valence-electron chi connectivity index (χ1n) is 5.15. The molecule has 0 bridgehead atoms. The van der Waals surface area contributed by atoms with Crippen molar-refractivity contribution in [1.82, 2.24) is 5.32 Å². The Bertz CT molecular complexity index is 398. The van der Waals surface area contributed by atoms with E-state index in [0.717, 1.165) is 12.3 Å². The van der Waals surface area contributed by atoms with E-state index in [4.69, 9.17) is 10.9 Å². The topological polar surface area (TPSA) is 70.6 Å². The molecular formula is C11H16FN3OS. The summed E-state index contributed by atoms with van der Waals surface area (Å²) >= 11 is 1.73. The number of benzene rings is 1. The summed E-state index contributed by atoms with van der Waals surface area (Å²) < 4.78 is 13.6. The molecule has 0 heterocycles. The zero-order chi connectivity index (χ0) is 12.7. The van der Waals surface area contributed by atoms with Gasteiger partial charge in [0, 0.05) is 30.0 Å². The lowest BCUT2D eigenvalue weighted by Gasteiger charge is -2.06. The van der Waals surface area contributed by atoms with E-state index < -0.39 is 0 Å². The van der Waals surface area contributed by atoms with E-state index in [1.807, 2.05) is 6.26 Å². The van der Waals surface area contributed by atoms with Crippen molar-refractivity contribution in [2.75, 3.05) is 18.6 Å². The third-order valence-electron chi connectivity index (χ3n) is 2.25. The Hall–Kier alpha value is -1.27. The van der Waals surface area contributed by atoms with E-state index in [2.05, 4.69) is 10.5 Å². The number of amidine groups is 1. The molecule has 0 aliphatic carbocycles. The normalized spacial score (nSPS) is 11.8. The molecule has 0 unspecified atom stereocenters. The Morgan fingerprint density at radius 3 is 2.94 bits per heavy atom. The molecule has 6 heteroatoms. The van der Waals surface area contributed by atoms with Crippen molar-refractivity contribution in [1.29, 1.82) is 0 Å². The van der Waals surface area contributed by atoms with Crippen LogP contribution in [0, 0.1) is 5.82 Å². The number of halogens is 1. The number of rotatable bonds is 6. The molecule has 0 aliphatic rings. The van der Waals surface area contributed by atoms with Crippen LogP contribution in [0.3, 0.4) is 0 Å². The number of nitrogens with two attached hydrogens (primary N) is 1. The van der Waals surface area contributed by atoms with Crippen molar-refractivity contribution in [3.63, 3.8) is 0 Å². The summed E-state index contributed by atoms with van der Waals surface area (Å²) in [5.41, 5.74) is 6.31. The molecule has 94 valence electrons. The Morgan fingerprint density at radius 1 is 1.59 bits per heavy atom. The summed E-state index contributed by atoms with van der Waals surface area (Å²) in [6.45, 7) is 1.31. The van der Waals surface area contributed by atoms with Crippen molar-refractivity contribution < 1.29 is 9.60 Å². The first-order valence-corrected chi connectivity index (χ1v) is 6.54. The minimum atomic E-state index is -0.356. The standard InChI is InChI=1S/C11H16FN3OS/c1-17-5-4-14-7-9-3-2-8(6-10(9)12)11(13)15-16/h2-3,6,14,16H,4-5,7H2,1H3,(H2,13,15). The molecule has 0 saturated carbocycles. The molecule has 0 aliphatic heterocycles. The molecule has 0 saturated heterocycles. The van der Waals surface area contributed by atoms with E-state index in [-0.39, 0.29) is 11.7 Å². The summed E-state index contributed by atoms with van der Waals surface area (Å²) in [4.78, 5) is 0. The monoisotopic (exact) mass is 257 g/mol. The summed E-state index contributed by atoms with van der Waals surface area (Å²) in [7, 11) is 0. The van der Waals surface area contributed by atoms with Gasteiger partial charge in [-0.3, -0.25) is 0 Å². The molecule has 4 nitrogen and oxygen atoms in total. The fourth-order valence-corrected chi connectivity index (χ4v) is 1.65. The van der Waals surface area contributed by atoms with Gasteiger partial charge in [-0.15, -0.1) is 0 Å². The number of hydrogen-bond acceptors (Lipinski definition) is 4. The Labute approximate surface area is 104 Å². The average molecular weight is 257 g/mol. The molecule has 0 radical (unpaired) electrons. The lowest BCUT2D eigenvalue weighted by atomic mass is 10.1. The minimum Gasteiger partial charge on any atom is -0.409 e. The van der Waals surface area contributed by atoms with Gasteiger partial charge < -0.3 is 16.3 Å². The largest absolute Gasteiger partial charge is 0.409 e. The SMILES string of the molecule is CSCCNCc1ccc(C(N)=NO)cc1F. The third kappa shape index (κ3) is 4.24. The molecular weight excluding hydrogens is 241 g/mol. The van der Waals surface area contributed by atoms with Crippen LogP contribution >= 0.6 is 11.8 Å². The molecule has 0 fully saturated rings. The van der Waals surface area contributed by atoms with Gasteiger partial charge in [0.05, 0.1) is 0 Å². The smallest absolute Gasteiger partial charge is 0.170 e. The highest BCUT2D eigenvalue weighted by Gasteiger charge is 2.05. The lowest BCUT2D eigenvalue weighted by Crippen LogP contribution is -2.18. The Kier molecular flexibility index (Phi) is 5.79.